The van der Waals surface area contributed by atoms with Crippen LogP contribution < -0.4 is 0 Å². The van der Waals surface area contributed by atoms with Gasteiger partial charge in [-0.05, 0) is 49.9 Å². The highest BCUT2D eigenvalue weighted by Gasteiger charge is 2.53. The van der Waals surface area contributed by atoms with Gasteiger partial charge in [-0.25, -0.2) is 0 Å². The molecule has 0 saturated heterocycles. The fraction of sp³-hybridized carbons (Fsp3) is 0.846. The molecule has 2 nitrogen and oxygen atoms in total. The van der Waals surface area contributed by atoms with Crippen LogP contribution in [-0.4, -0.2) is 12.1 Å². The van der Waals surface area contributed by atoms with Gasteiger partial charge < -0.3 is 4.79 Å². The largest absolute Gasteiger partial charge is 0.303 e. The van der Waals surface area contributed by atoms with Crippen molar-refractivity contribution in [1.29, 1.82) is 0 Å². The van der Waals surface area contributed by atoms with E-state index in [0.29, 0.717) is 23.0 Å². The van der Waals surface area contributed by atoms with Crippen LogP contribution in [0.5, 0.6) is 0 Å². The lowest BCUT2D eigenvalue weighted by molar-refractivity contribution is -0.143. The second-order valence-corrected chi connectivity index (χ2v) is 5.84. The smallest absolute Gasteiger partial charge is 0.136 e. The third-order valence-electron chi connectivity index (χ3n) is 5.20. The van der Waals surface area contributed by atoms with Gasteiger partial charge in [0.25, 0.3) is 0 Å². The average molecular weight is 206 g/mol. The summed E-state index contributed by atoms with van der Waals surface area (Å²) in [5.41, 5.74) is 0.325. The third kappa shape index (κ3) is 1.30. The number of carbonyl (C=O) groups excluding carboxylic acids is 2. The molecule has 4 aliphatic rings. The second-order valence-electron chi connectivity index (χ2n) is 5.84. The molecule has 4 atom stereocenters. The Bertz CT molecular complexity index is 308. The van der Waals surface area contributed by atoms with Crippen LogP contribution in [0.15, 0.2) is 0 Å². The number of fused-ring (bicyclic) bond motifs is 2. The lowest BCUT2D eigenvalue weighted by Gasteiger charge is -2.54. The van der Waals surface area contributed by atoms with E-state index < -0.39 is 0 Å². The number of aldehydes is 1. The number of rotatable bonds is 1. The van der Waals surface area contributed by atoms with Gasteiger partial charge in [0.2, 0.25) is 0 Å². The van der Waals surface area contributed by atoms with Crippen molar-refractivity contribution in [2.45, 2.75) is 44.9 Å². The highest BCUT2D eigenvalue weighted by molar-refractivity contribution is 5.83. The maximum Gasteiger partial charge on any atom is 0.136 e. The summed E-state index contributed by atoms with van der Waals surface area (Å²) in [5, 5.41) is 0. The Balaban J connectivity index is 1.85. The molecule has 4 aliphatic carbocycles. The quantitative estimate of drug-likeness (QED) is 0.617. The van der Waals surface area contributed by atoms with Crippen LogP contribution in [0.2, 0.25) is 0 Å². The Morgan fingerprint density at radius 2 is 2.00 bits per heavy atom. The van der Waals surface area contributed by atoms with Gasteiger partial charge in [0.1, 0.15) is 12.1 Å². The lowest BCUT2D eigenvalue weighted by Crippen LogP contribution is -2.49. The monoisotopic (exact) mass is 206 g/mol. The zero-order valence-corrected chi connectivity index (χ0v) is 9.08. The predicted octanol–water partition coefficient (Wildman–Crippen LogP) is 2.36. The highest BCUT2D eigenvalue weighted by Crippen LogP contribution is 2.59. The molecule has 0 N–H and O–H groups in total. The molecule has 0 aliphatic heterocycles. The Labute approximate surface area is 90.4 Å². The summed E-state index contributed by atoms with van der Waals surface area (Å²) in [6, 6.07) is 0. The number of ketones is 1. The van der Waals surface area contributed by atoms with E-state index in [1.54, 1.807) is 0 Å². The van der Waals surface area contributed by atoms with Crippen molar-refractivity contribution < 1.29 is 9.59 Å². The number of hydrogen-bond donors (Lipinski definition) is 0. The van der Waals surface area contributed by atoms with Gasteiger partial charge in [-0.1, -0.05) is 0 Å². The van der Waals surface area contributed by atoms with E-state index in [9.17, 15) is 9.59 Å². The molecule has 0 aromatic carbocycles. The Morgan fingerprint density at radius 3 is 2.73 bits per heavy atom. The molecule has 4 saturated carbocycles. The molecule has 0 heterocycles. The SMILES string of the molecule is O=CC1CCC23CCC(CC2C1)C(=O)C3. The van der Waals surface area contributed by atoms with Gasteiger partial charge in [0.05, 0.1) is 0 Å². The van der Waals surface area contributed by atoms with Gasteiger partial charge in [-0.3, -0.25) is 4.79 Å². The summed E-state index contributed by atoms with van der Waals surface area (Å²) in [4.78, 5) is 22.6. The van der Waals surface area contributed by atoms with E-state index >= 15 is 0 Å². The Hall–Kier alpha value is -0.660. The first kappa shape index (κ1) is 9.56. The topological polar surface area (TPSA) is 34.1 Å². The maximum absolute atomic E-state index is 11.8. The lowest BCUT2D eigenvalue weighted by atomic mass is 9.49. The van der Waals surface area contributed by atoms with Crippen LogP contribution in [0.1, 0.15) is 44.9 Å². The number of hydrogen-bond acceptors (Lipinski definition) is 2. The maximum atomic E-state index is 11.8. The standard InChI is InChI=1S/C13H18O2/c14-8-9-1-3-13-4-2-10(12(15)7-13)6-11(13)5-9/h8-11H,1-7H2. The zero-order valence-electron chi connectivity index (χ0n) is 9.08. The fourth-order valence-electron chi connectivity index (χ4n) is 4.24. The van der Waals surface area contributed by atoms with Crippen molar-refractivity contribution in [3.8, 4) is 0 Å². The molecule has 2 bridgehead atoms. The van der Waals surface area contributed by atoms with Crippen LogP contribution >= 0.6 is 0 Å². The summed E-state index contributed by atoms with van der Waals surface area (Å²) in [5.74, 6) is 1.83. The molecule has 82 valence electrons. The summed E-state index contributed by atoms with van der Waals surface area (Å²) in [7, 11) is 0. The molecule has 4 rings (SSSR count). The average Bonchev–Trinajstić information content (AvgIpc) is 2.27. The fourth-order valence-corrected chi connectivity index (χ4v) is 4.24. The minimum atomic E-state index is 0.287. The number of Topliss-reactive ketones (excluding diaryl/α,β-unsaturated/α-hetero) is 1. The normalized spacial score (nSPS) is 48.8. The van der Waals surface area contributed by atoms with Crippen LogP contribution in [0.25, 0.3) is 0 Å². The van der Waals surface area contributed by atoms with E-state index in [2.05, 4.69) is 0 Å². The van der Waals surface area contributed by atoms with E-state index in [4.69, 9.17) is 0 Å². The molecule has 1 spiro atoms. The Morgan fingerprint density at radius 1 is 1.20 bits per heavy atom. The van der Waals surface area contributed by atoms with Gasteiger partial charge in [0, 0.05) is 18.3 Å². The van der Waals surface area contributed by atoms with Crippen molar-refractivity contribution in [2.24, 2.45) is 23.2 Å². The molecule has 0 aromatic rings. The molecular formula is C13H18O2. The minimum absolute atomic E-state index is 0.287. The van der Waals surface area contributed by atoms with Crippen molar-refractivity contribution in [1.82, 2.24) is 0 Å². The Kier molecular flexibility index (Phi) is 2.02. The van der Waals surface area contributed by atoms with E-state index in [1.807, 2.05) is 0 Å². The predicted molar refractivity (Wildman–Crippen MR) is 56.3 cm³/mol. The molecular weight excluding hydrogens is 188 g/mol. The summed E-state index contributed by atoms with van der Waals surface area (Å²) < 4.78 is 0. The van der Waals surface area contributed by atoms with Gasteiger partial charge >= 0.3 is 0 Å². The van der Waals surface area contributed by atoms with Crippen molar-refractivity contribution in [3.05, 3.63) is 0 Å². The second kappa shape index (κ2) is 3.16. The summed E-state index contributed by atoms with van der Waals surface area (Å²) in [6.07, 6.45) is 8.64. The molecule has 15 heavy (non-hydrogen) atoms. The van der Waals surface area contributed by atoms with E-state index in [1.165, 1.54) is 6.42 Å². The van der Waals surface area contributed by atoms with E-state index in [-0.39, 0.29) is 5.92 Å². The molecule has 2 heteroatoms. The third-order valence-corrected chi connectivity index (χ3v) is 5.20. The van der Waals surface area contributed by atoms with Crippen LogP contribution in [0, 0.1) is 23.2 Å². The van der Waals surface area contributed by atoms with Crippen molar-refractivity contribution in [3.63, 3.8) is 0 Å². The first-order valence-electron chi connectivity index (χ1n) is 6.21. The first-order valence-corrected chi connectivity index (χ1v) is 6.21. The van der Waals surface area contributed by atoms with Crippen molar-refractivity contribution >= 4 is 12.1 Å². The van der Waals surface area contributed by atoms with Gasteiger partial charge in [-0.2, -0.15) is 0 Å². The summed E-state index contributed by atoms with van der Waals surface area (Å²) >= 11 is 0. The molecule has 4 unspecified atom stereocenters. The molecule has 0 radical (unpaired) electrons. The van der Waals surface area contributed by atoms with Crippen LogP contribution in [0.4, 0.5) is 0 Å². The zero-order chi connectivity index (χ0) is 10.5. The van der Waals surface area contributed by atoms with Crippen LogP contribution in [-0.2, 0) is 9.59 Å². The number of carbonyl (C=O) groups is 2. The van der Waals surface area contributed by atoms with Crippen LogP contribution in [0.3, 0.4) is 0 Å². The summed E-state index contributed by atoms with van der Waals surface area (Å²) in [6.45, 7) is 0. The first-order chi connectivity index (χ1) is 7.23. The minimum Gasteiger partial charge on any atom is -0.303 e. The molecule has 4 fully saturated rings. The highest BCUT2D eigenvalue weighted by atomic mass is 16.1. The molecule has 0 amide bonds. The van der Waals surface area contributed by atoms with E-state index in [0.717, 1.165) is 44.8 Å². The van der Waals surface area contributed by atoms with Crippen molar-refractivity contribution in [2.75, 3.05) is 0 Å². The van der Waals surface area contributed by atoms with Gasteiger partial charge in [-0.15, -0.1) is 0 Å². The van der Waals surface area contributed by atoms with Gasteiger partial charge in [0.15, 0.2) is 0 Å². The molecule has 0 aromatic heterocycles.